The fraction of sp³-hybridized carbons (Fsp3) is 0.500. The molecule has 1 aliphatic carbocycles. The van der Waals surface area contributed by atoms with Gasteiger partial charge in [-0.05, 0) is 25.0 Å². The number of nitrogens with two attached hydrogens (primary N) is 1. The van der Waals surface area contributed by atoms with E-state index in [0.29, 0.717) is 18.3 Å². The zero-order valence-corrected chi connectivity index (χ0v) is 10.4. The maximum absolute atomic E-state index is 8.67. The van der Waals surface area contributed by atoms with E-state index < -0.39 is 0 Å². The van der Waals surface area contributed by atoms with Crippen molar-refractivity contribution in [2.75, 3.05) is 25.2 Å². The highest BCUT2D eigenvalue weighted by atomic mass is 16.5. The molecule has 6 nitrogen and oxygen atoms in total. The number of hydrogen-bond acceptors (Lipinski definition) is 5. The fourth-order valence-corrected chi connectivity index (χ4v) is 1.84. The summed E-state index contributed by atoms with van der Waals surface area (Å²) in [6.45, 7) is 1.46. The lowest BCUT2D eigenvalue weighted by molar-refractivity contribution is 0.204. The molecular weight excluding hydrogens is 232 g/mol. The molecule has 1 heterocycles. The zero-order valence-electron chi connectivity index (χ0n) is 10.4. The van der Waals surface area contributed by atoms with Crippen LogP contribution < -0.4 is 10.6 Å². The maximum Gasteiger partial charge on any atom is 0.188 e. The van der Waals surface area contributed by atoms with Crippen molar-refractivity contribution in [3.63, 3.8) is 0 Å². The van der Waals surface area contributed by atoms with E-state index >= 15 is 0 Å². The highest BCUT2D eigenvalue weighted by Gasteiger charge is 2.29. The molecule has 0 radical (unpaired) electrons. The predicted molar refractivity (Wildman–Crippen MR) is 69.0 cm³/mol. The maximum atomic E-state index is 8.67. The fourth-order valence-electron chi connectivity index (χ4n) is 1.84. The van der Waals surface area contributed by atoms with Crippen molar-refractivity contribution in [2.45, 2.75) is 18.9 Å². The van der Waals surface area contributed by atoms with Crippen LogP contribution in [0.4, 0.5) is 5.82 Å². The van der Waals surface area contributed by atoms with Crippen LogP contribution in [0.2, 0.25) is 0 Å². The van der Waals surface area contributed by atoms with E-state index in [2.05, 4.69) is 15.0 Å². The van der Waals surface area contributed by atoms with Crippen LogP contribution in [0.25, 0.3) is 0 Å². The summed E-state index contributed by atoms with van der Waals surface area (Å²) in [6.07, 6.45) is 2.36. The third-order valence-electron chi connectivity index (χ3n) is 2.92. The third kappa shape index (κ3) is 2.89. The molecule has 0 aliphatic heterocycles. The number of anilines is 1. The summed E-state index contributed by atoms with van der Waals surface area (Å²) in [7, 11) is 1.69. The standard InChI is InChI=1S/C12H18N4O2/c1-18-8-7-16(9-5-6-9)11-4-2-3-10(14-11)12(13)15-17/h2-4,9,17H,5-8H2,1H3,(H2,13,15). The molecule has 0 atom stereocenters. The molecule has 0 spiro atoms. The van der Waals surface area contributed by atoms with E-state index in [-0.39, 0.29) is 5.84 Å². The Kier molecular flexibility index (Phi) is 3.99. The van der Waals surface area contributed by atoms with Gasteiger partial charge in [-0.3, -0.25) is 0 Å². The zero-order chi connectivity index (χ0) is 13.0. The van der Waals surface area contributed by atoms with E-state index in [1.165, 1.54) is 12.8 Å². The van der Waals surface area contributed by atoms with Crippen molar-refractivity contribution in [3.8, 4) is 0 Å². The first-order chi connectivity index (χ1) is 8.76. The summed E-state index contributed by atoms with van der Waals surface area (Å²) in [4.78, 5) is 6.62. The van der Waals surface area contributed by atoms with Crippen LogP contribution in [0.5, 0.6) is 0 Å². The molecule has 6 heteroatoms. The van der Waals surface area contributed by atoms with Crippen molar-refractivity contribution in [1.82, 2.24) is 4.98 Å². The first-order valence-electron chi connectivity index (χ1n) is 5.96. The van der Waals surface area contributed by atoms with Crippen molar-refractivity contribution in [3.05, 3.63) is 23.9 Å². The van der Waals surface area contributed by atoms with E-state index in [9.17, 15) is 0 Å². The van der Waals surface area contributed by atoms with Gasteiger partial charge in [0, 0.05) is 19.7 Å². The molecule has 1 aromatic heterocycles. The lowest BCUT2D eigenvalue weighted by Crippen LogP contribution is -2.30. The first kappa shape index (κ1) is 12.6. The van der Waals surface area contributed by atoms with Crippen LogP contribution in [0.3, 0.4) is 0 Å². The molecule has 0 saturated heterocycles. The van der Waals surface area contributed by atoms with Crippen LogP contribution in [0.1, 0.15) is 18.5 Å². The molecule has 1 aromatic rings. The quantitative estimate of drug-likeness (QED) is 0.337. The Hall–Kier alpha value is -1.82. The van der Waals surface area contributed by atoms with Crippen LogP contribution in [0, 0.1) is 0 Å². The normalized spacial score (nSPS) is 15.7. The van der Waals surface area contributed by atoms with Gasteiger partial charge in [0.1, 0.15) is 11.5 Å². The summed E-state index contributed by atoms with van der Waals surface area (Å²) < 4.78 is 5.11. The topological polar surface area (TPSA) is 84.0 Å². The van der Waals surface area contributed by atoms with Crippen LogP contribution >= 0.6 is 0 Å². The summed E-state index contributed by atoms with van der Waals surface area (Å²) in [5.41, 5.74) is 6.03. The number of ether oxygens (including phenoxy) is 1. The lowest BCUT2D eigenvalue weighted by atomic mass is 10.3. The summed E-state index contributed by atoms with van der Waals surface area (Å²) >= 11 is 0. The van der Waals surface area contributed by atoms with Crippen molar-refractivity contribution < 1.29 is 9.94 Å². The second kappa shape index (κ2) is 5.68. The third-order valence-corrected chi connectivity index (χ3v) is 2.92. The molecule has 1 aliphatic rings. The number of oxime groups is 1. The molecule has 0 amide bonds. The first-order valence-corrected chi connectivity index (χ1v) is 5.96. The number of methoxy groups -OCH3 is 1. The number of nitrogens with zero attached hydrogens (tertiary/aromatic N) is 3. The molecule has 3 N–H and O–H groups in total. The van der Waals surface area contributed by atoms with Gasteiger partial charge >= 0.3 is 0 Å². The molecular formula is C12H18N4O2. The second-order valence-electron chi connectivity index (χ2n) is 4.28. The van der Waals surface area contributed by atoms with Crippen LogP contribution in [-0.2, 0) is 4.74 Å². The van der Waals surface area contributed by atoms with E-state index in [1.807, 2.05) is 12.1 Å². The summed E-state index contributed by atoms with van der Waals surface area (Å²) in [5, 5.41) is 11.6. The Morgan fingerprint density at radius 1 is 1.61 bits per heavy atom. The summed E-state index contributed by atoms with van der Waals surface area (Å²) in [5.74, 6) is 0.873. The van der Waals surface area contributed by atoms with Gasteiger partial charge in [0.05, 0.1) is 6.61 Å². The van der Waals surface area contributed by atoms with Gasteiger partial charge in [-0.25, -0.2) is 4.98 Å². The van der Waals surface area contributed by atoms with E-state index in [1.54, 1.807) is 13.2 Å². The summed E-state index contributed by atoms with van der Waals surface area (Å²) in [6, 6.07) is 6.05. The number of rotatable bonds is 6. The highest BCUT2D eigenvalue weighted by Crippen LogP contribution is 2.30. The minimum absolute atomic E-state index is 0.0272. The number of aromatic nitrogens is 1. The van der Waals surface area contributed by atoms with Gasteiger partial charge in [-0.1, -0.05) is 11.2 Å². The average Bonchev–Trinajstić information content (AvgIpc) is 3.23. The Morgan fingerprint density at radius 2 is 2.39 bits per heavy atom. The Bertz CT molecular complexity index is 432. The molecule has 0 aromatic carbocycles. The van der Waals surface area contributed by atoms with E-state index in [4.69, 9.17) is 15.7 Å². The number of hydrogen-bond donors (Lipinski definition) is 2. The SMILES string of the molecule is COCCN(c1cccc(C(N)=NO)n1)C1CC1. The molecule has 98 valence electrons. The van der Waals surface area contributed by atoms with Gasteiger partial charge in [-0.2, -0.15) is 0 Å². The van der Waals surface area contributed by atoms with Gasteiger partial charge in [0.15, 0.2) is 5.84 Å². The minimum atomic E-state index is 0.0272. The van der Waals surface area contributed by atoms with Crippen molar-refractivity contribution in [2.24, 2.45) is 10.9 Å². The van der Waals surface area contributed by atoms with Crippen molar-refractivity contribution >= 4 is 11.7 Å². The number of amidine groups is 1. The molecule has 2 rings (SSSR count). The Balaban J connectivity index is 2.19. The smallest absolute Gasteiger partial charge is 0.188 e. The van der Waals surface area contributed by atoms with Gasteiger partial charge in [-0.15, -0.1) is 0 Å². The number of pyridine rings is 1. The molecule has 0 bridgehead atoms. The van der Waals surface area contributed by atoms with Gasteiger partial charge in [0.2, 0.25) is 0 Å². The largest absolute Gasteiger partial charge is 0.409 e. The second-order valence-corrected chi connectivity index (χ2v) is 4.28. The lowest BCUT2D eigenvalue weighted by Gasteiger charge is -2.23. The van der Waals surface area contributed by atoms with Crippen LogP contribution in [-0.4, -0.2) is 42.3 Å². The monoisotopic (exact) mass is 250 g/mol. The highest BCUT2D eigenvalue weighted by molar-refractivity contribution is 5.95. The minimum Gasteiger partial charge on any atom is -0.409 e. The van der Waals surface area contributed by atoms with Gasteiger partial charge < -0.3 is 20.6 Å². The Morgan fingerprint density at radius 3 is 3.00 bits per heavy atom. The van der Waals surface area contributed by atoms with Gasteiger partial charge in [0.25, 0.3) is 0 Å². The molecule has 1 saturated carbocycles. The van der Waals surface area contributed by atoms with Crippen molar-refractivity contribution in [1.29, 1.82) is 0 Å². The van der Waals surface area contributed by atoms with Crippen LogP contribution in [0.15, 0.2) is 23.4 Å². The predicted octanol–water partition coefficient (Wildman–Crippen LogP) is 0.791. The Labute approximate surface area is 106 Å². The molecule has 0 unspecified atom stereocenters. The average molecular weight is 250 g/mol. The molecule has 18 heavy (non-hydrogen) atoms. The molecule has 1 fully saturated rings. The van der Waals surface area contributed by atoms with E-state index in [0.717, 1.165) is 12.4 Å².